The molecule has 10 heteroatoms. The van der Waals surface area contributed by atoms with Crippen LogP contribution in [-0.2, 0) is 9.53 Å². The van der Waals surface area contributed by atoms with Crippen LogP contribution in [0, 0.1) is 0 Å². The summed E-state index contributed by atoms with van der Waals surface area (Å²) in [5.41, 5.74) is 2.10. The molecular weight excluding hydrogens is 624 g/mol. The van der Waals surface area contributed by atoms with Crippen LogP contribution in [0.3, 0.4) is 0 Å². The highest BCUT2D eigenvalue weighted by molar-refractivity contribution is 9.11. The highest BCUT2D eigenvalue weighted by Gasteiger charge is 2.33. The predicted octanol–water partition coefficient (Wildman–Crippen LogP) is 5.12. The fraction of sp³-hybridized carbons (Fsp3) is 0.296. The zero-order valence-corrected chi connectivity index (χ0v) is 24.8. The van der Waals surface area contributed by atoms with Gasteiger partial charge in [-0.2, -0.15) is 0 Å². The standard InChI is InChI=1S/C27H26Br2N2O5S/c1-5-34-19-10-8-16(9-11-19)23-22(26(33)36-7-3)15(4)30-27-31(23)25(32)21(37-27)13-17-12-18(28)14-20(29)24(17)35-6-2/h8-14,23H,5-7H2,1-4H3/b21-13-/t23-/m1/s1. The molecule has 37 heavy (non-hydrogen) atoms. The number of halogens is 2. The van der Waals surface area contributed by atoms with Crippen molar-refractivity contribution in [2.75, 3.05) is 19.8 Å². The molecule has 0 aliphatic carbocycles. The van der Waals surface area contributed by atoms with Crippen LogP contribution in [0.25, 0.3) is 6.08 Å². The highest BCUT2D eigenvalue weighted by Crippen LogP contribution is 2.34. The first-order valence-corrected chi connectivity index (χ1v) is 14.2. The number of ether oxygens (including phenoxy) is 3. The van der Waals surface area contributed by atoms with Crippen LogP contribution in [0.2, 0.25) is 0 Å². The van der Waals surface area contributed by atoms with Crippen molar-refractivity contribution >= 4 is 55.2 Å². The first-order chi connectivity index (χ1) is 17.8. The molecule has 0 radical (unpaired) electrons. The topological polar surface area (TPSA) is 79.1 Å². The van der Waals surface area contributed by atoms with Crippen LogP contribution in [0.5, 0.6) is 11.5 Å². The Bertz CT molecular complexity index is 1540. The summed E-state index contributed by atoms with van der Waals surface area (Å²) in [6, 6.07) is 10.5. The molecule has 0 fully saturated rings. The summed E-state index contributed by atoms with van der Waals surface area (Å²) in [5, 5.41) is 0. The van der Waals surface area contributed by atoms with E-state index in [2.05, 4.69) is 36.9 Å². The number of hydrogen-bond donors (Lipinski definition) is 0. The van der Waals surface area contributed by atoms with Gasteiger partial charge >= 0.3 is 5.97 Å². The second-order valence-corrected chi connectivity index (χ2v) is 10.8. The van der Waals surface area contributed by atoms with E-state index in [-0.39, 0.29) is 12.2 Å². The SMILES string of the molecule is CCOC(=O)C1=C(C)N=c2s/c(=C\c3cc(Br)cc(Br)c3OCC)c(=O)n2[C@@H]1c1ccc(OCC)cc1. The van der Waals surface area contributed by atoms with Crippen molar-refractivity contribution < 1.29 is 19.0 Å². The molecule has 7 nitrogen and oxygen atoms in total. The average Bonchev–Trinajstić information content (AvgIpc) is 3.15. The molecule has 4 rings (SSSR count). The summed E-state index contributed by atoms with van der Waals surface area (Å²) in [6.07, 6.45) is 1.79. The van der Waals surface area contributed by atoms with Gasteiger partial charge in [-0.3, -0.25) is 9.36 Å². The number of esters is 1. The third-order valence-corrected chi connectivity index (χ3v) is 7.67. The monoisotopic (exact) mass is 648 g/mol. The van der Waals surface area contributed by atoms with Crippen LogP contribution >= 0.6 is 43.2 Å². The van der Waals surface area contributed by atoms with Crippen molar-refractivity contribution in [3.8, 4) is 11.5 Å². The molecule has 2 aromatic carbocycles. The van der Waals surface area contributed by atoms with Crippen molar-refractivity contribution in [1.82, 2.24) is 4.57 Å². The number of fused-ring (bicyclic) bond motifs is 1. The minimum Gasteiger partial charge on any atom is -0.494 e. The Morgan fingerprint density at radius 2 is 1.78 bits per heavy atom. The van der Waals surface area contributed by atoms with E-state index in [1.807, 2.05) is 50.2 Å². The molecule has 194 valence electrons. The molecule has 0 spiro atoms. The zero-order chi connectivity index (χ0) is 26.7. The van der Waals surface area contributed by atoms with Crippen molar-refractivity contribution in [2.45, 2.75) is 33.7 Å². The van der Waals surface area contributed by atoms with Gasteiger partial charge in [0.05, 0.1) is 46.1 Å². The molecule has 0 bridgehead atoms. The third kappa shape index (κ3) is 5.61. The van der Waals surface area contributed by atoms with E-state index in [9.17, 15) is 9.59 Å². The molecule has 3 aromatic rings. The van der Waals surface area contributed by atoms with Crippen molar-refractivity contribution in [3.63, 3.8) is 0 Å². The summed E-state index contributed by atoms with van der Waals surface area (Å²) in [7, 11) is 0. The molecular formula is C27H26Br2N2O5S. The van der Waals surface area contributed by atoms with Crippen LogP contribution in [0.15, 0.2) is 66.4 Å². The number of thiazole rings is 1. The number of carbonyl (C=O) groups excluding carboxylic acids is 1. The van der Waals surface area contributed by atoms with Gasteiger partial charge in [-0.25, -0.2) is 9.79 Å². The van der Waals surface area contributed by atoms with Gasteiger partial charge in [0.15, 0.2) is 4.80 Å². The third-order valence-electron chi connectivity index (χ3n) is 5.64. The minimum atomic E-state index is -0.686. The summed E-state index contributed by atoms with van der Waals surface area (Å²) in [6.45, 7) is 8.57. The summed E-state index contributed by atoms with van der Waals surface area (Å²) in [5.74, 6) is 0.857. The largest absolute Gasteiger partial charge is 0.494 e. The van der Waals surface area contributed by atoms with Gasteiger partial charge in [0.25, 0.3) is 5.56 Å². The number of allylic oxidation sites excluding steroid dienone is 1. The number of benzene rings is 2. The van der Waals surface area contributed by atoms with Crippen molar-refractivity contribution in [2.24, 2.45) is 4.99 Å². The second kappa shape index (κ2) is 11.8. The molecule has 1 aliphatic heterocycles. The number of nitrogens with zero attached hydrogens (tertiary/aromatic N) is 2. The lowest BCUT2D eigenvalue weighted by molar-refractivity contribution is -0.139. The van der Waals surface area contributed by atoms with E-state index in [4.69, 9.17) is 14.2 Å². The van der Waals surface area contributed by atoms with E-state index < -0.39 is 12.0 Å². The van der Waals surface area contributed by atoms with Gasteiger partial charge < -0.3 is 14.2 Å². The normalized spacial score (nSPS) is 15.3. The number of carbonyl (C=O) groups is 1. The number of hydrogen-bond acceptors (Lipinski definition) is 7. The molecule has 1 atom stereocenters. The van der Waals surface area contributed by atoms with Gasteiger partial charge in [-0.1, -0.05) is 39.4 Å². The molecule has 2 heterocycles. The van der Waals surface area contributed by atoms with E-state index in [0.29, 0.717) is 45.3 Å². The van der Waals surface area contributed by atoms with Gasteiger partial charge in [0.2, 0.25) is 0 Å². The van der Waals surface area contributed by atoms with Gasteiger partial charge in [0, 0.05) is 10.0 Å². The molecule has 0 unspecified atom stereocenters. The molecule has 1 aromatic heterocycles. The molecule has 0 saturated heterocycles. The van der Waals surface area contributed by atoms with Gasteiger partial charge in [-0.15, -0.1) is 0 Å². The van der Waals surface area contributed by atoms with Crippen LogP contribution in [0.4, 0.5) is 0 Å². The smallest absolute Gasteiger partial charge is 0.338 e. The maximum atomic E-state index is 13.9. The van der Waals surface area contributed by atoms with E-state index >= 15 is 0 Å². The lowest BCUT2D eigenvalue weighted by Gasteiger charge is -2.24. The van der Waals surface area contributed by atoms with E-state index in [1.165, 1.54) is 11.3 Å². The minimum absolute atomic E-state index is 0.216. The highest BCUT2D eigenvalue weighted by atomic mass is 79.9. The summed E-state index contributed by atoms with van der Waals surface area (Å²) >= 11 is 8.33. The fourth-order valence-electron chi connectivity index (χ4n) is 4.15. The Kier molecular flexibility index (Phi) is 8.71. The van der Waals surface area contributed by atoms with Crippen molar-refractivity contribution in [3.05, 3.63) is 87.4 Å². The Morgan fingerprint density at radius 3 is 2.43 bits per heavy atom. The Labute approximate surface area is 235 Å². The lowest BCUT2D eigenvalue weighted by atomic mass is 9.96. The van der Waals surface area contributed by atoms with E-state index in [1.54, 1.807) is 24.5 Å². The van der Waals surface area contributed by atoms with Crippen LogP contribution in [-0.4, -0.2) is 30.4 Å². The first kappa shape index (κ1) is 27.3. The van der Waals surface area contributed by atoms with Gasteiger partial charge in [-0.05, 0) is 79.5 Å². The predicted molar refractivity (Wildman–Crippen MR) is 151 cm³/mol. The summed E-state index contributed by atoms with van der Waals surface area (Å²) in [4.78, 5) is 32.1. The first-order valence-electron chi connectivity index (χ1n) is 11.8. The average molecular weight is 650 g/mol. The Hall–Kier alpha value is -2.69. The van der Waals surface area contributed by atoms with E-state index in [0.717, 1.165) is 20.1 Å². The number of rotatable bonds is 8. The quantitative estimate of drug-likeness (QED) is 0.317. The van der Waals surface area contributed by atoms with Crippen LogP contribution in [0.1, 0.15) is 44.9 Å². The Balaban J connectivity index is 1.94. The Morgan fingerprint density at radius 1 is 1.08 bits per heavy atom. The maximum Gasteiger partial charge on any atom is 0.338 e. The van der Waals surface area contributed by atoms with Crippen molar-refractivity contribution in [1.29, 1.82) is 0 Å². The fourth-order valence-corrected chi connectivity index (χ4v) is 6.56. The second-order valence-electron chi connectivity index (χ2n) is 8.04. The molecule has 0 amide bonds. The molecule has 0 N–H and O–H groups in total. The number of aromatic nitrogens is 1. The van der Waals surface area contributed by atoms with Crippen LogP contribution < -0.4 is 24.4 Å². The summed E-state index contributed by atoms with van der Waals surface area (Å²) < 4.78 is 20.4. The maximum absolute atomic E-state index is 13.9. The van der Waals surface area contributed by atoms with Gasteiger partial charge in [0.1, 0.15) is 11.5 Å². The molecule has 1 aliphatic rings. The zero-order valence-electron chi connectivity index (χ0n) is 20.8. The molecule has 0 saturated carbocycles. The lowest BCUT2D eigenvalue weighted by Crippen LogP contribution is -2.39.